The highest BCUT2D eigenvalue weighted by atomic mass is 79.9. The van der Waals surface area contributed by atoms with Gasteiger partial charge in [0.15, 0.2) is 0 Å². The van der Waals surface area contributed by atoms with Crippen LogP contribution in [0.2, 0.25) is 0 Å². The van der Waals surface area contributed by atoms with Crippen molar-refractivity contribution in [1.29, 1.82) is 0 Å². The molecule has 3 nitrogen and oxygen atoms in total. The van der Waals surface area contributed by atoms with Gasteiger partial charge in [-0.3, -0.25) is 4.79 Å². The molecule has 0 aliphatic carbocycles. The summed E-state index contributed by atoms with van der Waals surface area (Å²) in [5, 5.41) is 0. The summed E-state index contributed by atoms with van der Waals surface area (Å²) in [5.74, 6) is 3.94. The van der Waals surface area contributed by atoms with Gasteiger partial charge in [-0.05, 0) is 25.1 Å². The topological polar surface area (TPSA) is 35.5 Å². The minimum atomic E-state index is -4.81. The molecular weight excluding hydrogens is 341 g/mol. The zero-order valence-corrected chi connectivity index (χ0v) is 12.0. The van der Waals surface area contributed by atoms with Crippen molar-refractivity contribution in [3.8, 4) is 17.6 Å². The molecule has 0 fully saturated rings. The van der Waals surface area contributed by atoms with E-state index in [1.165, 1.54) is 12.1 Å². The van der Waals surface area contributed by atoms with Crippen molar-refractivity contribution in [2.24, 2.45) is 0 Å². The van der Waals surface area contributed by atoms with Gasteiger partial charge in [-0.1, -0.05) is 27.8 Å². The van der Waals surface area contributed by atoms with Crippen LogP contribution in [0.4, 0.5) is 13.2 Å². The molecule has 0 saturated carbocycles. The lowest BCUT2D eigenvalue weighted by Crippen LogP contribution is -2.17. The van der Waals surface area contributed by atoms with Crippen molar-refractivity contribution in [1.82, 2.24) is 0 Å². The summed E-state index contributed by atoms with van der Waals surface area (Å²) in [6.45, 7) is 1.87. The highest BCUT2D eigenvalue weighted by molar-refractivity contribution is 9.10. The van der Waals surface area contributed by atoms with Crippen molar-refractivity contribution in [2.45, 2.75) is 19.7 Å². The van der Waals surface area contributed by atoms with Gasteiger partial charge in [-0.15, -0.1) is 13.2 Å². The van der Waals surface area contributed by atoms with Crippen LogP contribution in [-0.2, 0) is 9.53 Å². The van der Waals surface area contributed by atoms with E-state index in [2.05, 4.69) is 37.2 Å². The molecule has 0 radical (unpaired) electrons. The largest absolute Gasteiger partial charge is 0.573 e. The molecule has 0 spiro atoms. The molecule has 108 valence electrons. The molecule has 0 heterocycles. The Balaban J connectivity index is 2.89. The van der Waals surface area contributed by atoms with Crippen LogP contribution in [0.5, 0.6) is 5.75 Å². The fourth-order valence-electron chi connectivity index (χ4n) is 1.23. The fourth-order valence-corrected chi connectivity index (χ4v) is 1.57. The Morgan fingerprint density at radius 2 is 2.10 bits per heavy atom. The van der Waals surface area contributed by atoms with E-state index in [1.54, 1.807) is 6.92 Å². The first-order valence-electron chi connectivity index (χ1n) is 5.51. The van der Waals surface area contributed by atoms with Gasteiger partial charge in [0, 0.05) is 4.47 Å². The Labute approximate surface area is 122 Å². The molecule has 0 aliphatic heterocycles. The first kappa shape index (κ1) is 16.4. The lowest BCUT2D eigenvalue weighted by Gasteiger charge is -2.10. The molecule has 1 rings (SSSR count). The summed E-state index contributed by atoms with van der Waals surface area (Å²) in [7, 11) is 0. The average molecular weight is 351 g/mol. The molecule has 0 saturated heterocycles. The maximum absolute atomic E-state index is 12.2. The molecule has 0 bridgehead atoms. The monoisotopic (exact) mass is 350 g/mol. The van der Waals surface area contributed by atoms with Gasteiger partial charge in [0.25, 0.3) is 0 Å². The van der Waals surface area contributed by atoms with Crippen molar-refractivity contribution >= 4 is 21.9 Å². The number of benzene rings is 1. The zero-order valence-electron chi connectivity index (χ0n) is 10.4. The highest BCUT2D eigenvalue weighted by Gasteiger charge is 2.32. The number of ether oxygens (including phenoxy) is 2. The van der Waals surface area contributed by atoms with Crippen LogP contribution in [0, 0.1) is 11.8 Å². The van der Waals surface area contributed by atoms with Gasteiger partial charge >= 0.3 is 12.3 Å². The van der Waals surface area contributed by atoms with Gasteiger partial charge in [-0.2, -0.15) is 0 Å². The molecule has 0 unspecified atom stereocenters. The van der Waals surface area contributed by atoms with Gasteiger partial charge in [0.2, 0.25) is 0 Å². The SMILES string of the molecule is CCOC(=O)CC#Cc1ccc(Br)cc1OC(F)(F)F. The van der Waals surface area contributed by atoms with Crippen molar-refractivity contribution in [2.75, 3.05) is 6.61 Å². The number of esters is 1. The van der Waals surface area contributed by atoms with E-state index >= 15 is 0 Å². The second-order valence-corrected chi connectivity index (χ2v) is 4.39. The quantitative estimate of drug-likeness (QED) is 0.616. The predicted octanol–water partition coefficient (Wildman–Crippen LogP) is 3.65. The lowest BCUT2D eigenvalue weighted by atomic mass is 10.2. The Morgan fingerprint density at radius 3 is 2.70 bits per heavy atom. The van der Waals surface area contributed by atoms with E-state index in [4.69, 9.17) is 0 Å². The Hall–Kier alpha value is -1.68. The number of carbonyl (C=O) groups is 1. The van der Waals surface area contributed by atoms with Gasteiger partial charge in [0.05, 0.1) is 12.2 Å². The number of rotatable bonds is 3. The van der Waals surface area contributed by atoms with Crippen LogP contribution in [0.3, 0.4) is 0 Å². The van der Waals surface area contributed by atoms with E-state index < -0.39 is 18.1 Å². The van der Waals surface area contributed by atoms with E-state index in [-0.39, 0.29) is 18.6 Å². The van der Waals surface area contributed by atoms with Crippen LogP contribution in [0.25, 0.3) is 0 Å². The molecule has 1 aromatic rings. The summed E-state index contributed by atoms with van der Waals surface area (Å²) in [6, 6.07) is 4.04. The molecule has 1 aromatic carbocycles. The number of hydrogen-bond acceptors (Lipinski definition) is 3. The molecule has 20 heavy (non-hydrogen) atoms. The molecule has 0 amide bonds. The van der Waals surface area contributed by atoms with Crippen LogP contribution < -0.4 is 4.74 Å². The summed E-state index contributed by atoms with van der Waals surface area (Å²) in [5.41, 5.74) is 0.0369. The molecule has 0 aliphatic rings. The van der Waals surface area contributed by atoms with Crippen molar-refractivity contribution < 1.29 is 27.4 Å². The first-order chi connectivity index (χ1) is 9.31. The number of alkyl halides is 3. The third kappa shape index (κ3) is 5.97. The summed E-state index contributed by atoms with van der Waals surface area (Å²) < 4.78 is 45.7. The highest BCUT2D eigenvalue weighted by Crippen LogP contribution is 2.28. The Kier molecular flexibility index (Phi) is 5.89. The number of halogens is 4. The van der Waals surface area contributed by atoms with Gasteiger partial charge in [-0.25, -0.2) is 0 Å². The number of carbonyl (C=O) groups excluding carboxylic acids is 1. The normalized spacial score (nSPS) is 10.4. The molecular formula is C13H10BrF3O3. The van der Waals surface area contributed by atoms with Gasteiger partial charge in [0.1, 0.15) is 12.2 Å². The molecule has 0 aromatic heterocycles. The standard InChI is InChI=1S/C13H10BrF3O3/c1-2-19-12(18)5-3-4-9-6-7-10(14)8-11(9)20-13(15,16)17/h6-8H,2,5H2,1H3. The van der Waals surface area contributed by atoms with E-state index in [0.717, 1.165) is 6.07 Å². The van der Waals surface area contributed by atoms with Crippen molar-refractivity contribution in [3.05, 3.63) is 28.2 Å². The van der Waals surface area contributed by atoms with Crippen LogP contribution >= 0.6 is 15.9 Å². The van der Waals surface area contributed by atoms with Crippen LogP contribution in [0.15, 0.2) is 22.7 Å². The summed E-state index contributed by atoms with van der Waals surface area (Å²) in [4.78, 5) is 11.1. The smallest absolute Gasteiger partial charge is 0.465 e. The average Bonchev–Trinajstić information content (AvgIpc) is 2.30. The third-order valence-electron chi connectivity index (χ3n) is 1.93. The second-order valence-electron chi connectivity index (χ2n) is 3.47. The zero-order chi connectivity index (χ0) is 15.2. The number of hydrogen-bond donors (Lipinski definition) is 0. The second kappa shape index (κ2) is 7.20. The van der Waals surface area contributed by atoms with Gasteiger partial charge < -0.3 is 9.47 Å². The lowest BCUT2D eigenvalue weighted by molar-refractivity contribution is -0.274. The molecule has 7 heteroatoms. The van der Waals surface area contributed by atoms with E-state index in [1.807, 2.05) is 0 Å². The van der Waals surface area contributed by atoms with Crippen molar-refractivity contribution in [3.63, 3.8) is 0 Å². The third-order valence-corrected chi connectivity index (χ3v) is 2.42. The maximum Gasteiger partial charge on any atom is 0.573 e. The summed E-state index contributed by atoms with van der Waals surface area (Å²) >= 11 is 3.05. The summed E-state index contributed by atoms with van der Waals surface area (Å²) in [6.07, 6.45) is -5.01. The molecule has 0 N–H and O–H groups in total. The predicted molar refractivity (Wildman–Crippen MR) is 69.0 cm³/mol. The van der Waals surface area contributed by atoms with Crippen LogP contribution in [0.1, 0.15) is 18.9 Å². The minimum absolute atomic E-state index is 0.0369. The Morgan fingerprint density at radius 1 is 1.40 bits per heavy atom. The van der Waals surface area contributed by atoms with Crippen LogP contribution in [-0.4, -0.2) is 18.9 Å². The first-order valence-corrected chi connectivity index (χ1v) is 6.31. The minimum Gasteiger partial charge on any atom is -0.465 e. The maximum atomic E-state index is 12.2. The van der Waals surface area contributed by atoms with E-state index in [9.17, 15) is 18.0 Å². The Bertz CT molecular complexity index is 544. The van der Waals surface area contributed by atoms with E-state index in [0.29, 0.717) is 4.47 Å². The molecule has 0 atom stereocenters. The fraction of sp³-hybridized carbons (Fsp3) is 0.308.